The number of ketones is 2. The molecule has 3 heterocycles. The molecule has 1 N–H and O–H groups in total. The third kappa shape index (κ3) is 3.46. The number of fused-ring (bicyclic) bond motifs is 1. The molecule has 0 amide bonds. The first-order valence-corrected chi connectivity index (χ1v) is 10.5. The number of hydrogen-bond donors (Lipinski definition) is 1. The highest BCUT2D eigenvalue weighted by molar-refractivity contribution is 8.00. The summed E-state index contributed by atoms with van der Waals surface area (Å²) in [6.45, 7) is 13.1. The van der Waals surface area contributed by atoms with Gasteiger partial charge in [0.1, 0.15) is 15.7 Å². The molecule has 1 atom stereocenters. The Labute approximate surface area is 167 Å². The van der Waals surface area contributed by atoms with Crippen molar-refractivity contribution in [1.82, 2.24) is 15.0 Å². The molecule has 27 heavy (non-hydrogen) atoms. The van der Waals surface area contributed by atoms with Gasteiger partial charge in [-0.05, 0) is 59.6 Å². The van der Waals surface area contributed by atoms with Gasteiger partial charge in [-0.1, -0.05) is 11.8 Å². The number of rotatable bonds is 5. The van der Waals surface area contributed by atoms with E-state index in [-0.39, 0.29) is 16.8 Å². The number of hydrogen-bond acceptors (Lipinski definition) is 6. The van der Waals surface area contributed by atoms with E-state index in [0.717, 1.165) is 26.5 Å². The maximum atomic E-state index is 13.1. The number of H-pyrrole nitrogens is 1. The van der Waals surface area contributed by atoms with Crippen LogP contribution in [-0.2, 0) is 0 Å². The summed E-state index contributed by atoms with van der Waals surface area (Å²) in [7, 11) is 0. The van der Waals surface area contributed by atoms with Crippen molar-refractivity contribution in [2.45, 2.75) is 58.7 Å². The van der Waals surface area contributed by atoms with Crippen LogP contribution in [0.1, 0.15) is 62.2 Å². The molecule has 5 nitrogen and oxygen atoms in total. The van der Waals surface area contributed by atoms with Crippen molar-refractivity contribution >= 4 is 44.9 Å². The molecular weight excluding hydrogens is 378 g/mol. The number of aromatic nitrogens is 3. The van der Waals surface area contributed by atoms with Crippen molar-refractivity contribution < 1.29 is 9.59 Å². The van der Waals surface area contributed by atoms with Crippen molar-refractivity contribution in [1.29, 1.82) is 0 Å². The second-order valence-corrected chi connectivity index (χ2v) is 9.38. The lowest BCUT2D eigenvalue weighted by atomic mass is 10.0. The zero-order chi connectivity index (χ0) is 20.0. The number of carbonyl (C=O) groups is 2. The van der Waals surface area contributed by atoms with Crippen LogP contribution in [0.4, 0.5) is 0 Å². The standard InChI is InChI=1S/C20H23N3O2S2/c1-8-12(5)26-19-16(8)20(23-14(7)22-19)27-13(6)18(25)17-9(2)15(11(4)24)10(3)21-17/h13,21H,1-7H3/t13-/m0/s1. The minimum absolute atomic E-state index is 0.0258. The van der Waals surface area contributed by atoms with E-state index in [2.05, 4.69) is 28.8 Å². The van der Waals surface area contributed by atoms with Crippen molar-refractivity contribution in [3.8, 4) is 0 Å². The third-order valence-corrected chi connectivity index (χ3v) is 6.99. The van der Waals surface area contributed by atoms with E-state index in [0.29, 0.717) is 17.1 Å². The van der Waals surface area contributed by atoms with E-state index in [1.807, 2.05) is 27.7 Å². The van der Waals surface area contributed by atoms with Gasteiger partial charge < -0.3 is 4.98 Å². The van der Waals surface area contributed by atoms with Gasteiger partial charge in [0.05, 0.1) is 10.9 Å². The molecule has 0 saturated carbocycles. The number of carbonyl (C=O) groups excluding carboxylic acids is 2. The Bertz CT molecular complexity index is 1080. The lowest BCUT2D eigenvalue weighted by Gasteiger charge is -2.11. The van der Waals surface area contributed by atoms with Gasteiger partial charge >= 0.3 is 0 Å². The number of thioether (sulfide) groups is 1. The van der Waals surface area contributed by atoms with Crippen LogP contribution in [0, 0.1) is 34.6 Å². The summed E-state index contributed by atoms with van der Waals surface area (Å²) < 4.78 is 0. The summed E-state index contributed by atoms with van der Waals surface area (Å²) in [6, 6.07) is 0. The first-order chi connectivity index (χ1) is 12.6. The van der Waals surface area contributed by atoms with Gasteiger partial charge in [0.15, 0.2) is 11.6 Å². The Hall–Kier alpha value is -1.99. The monoisotopic (exact) mass is 401 g/mol. The fourth-order valence-corrected chi connectivity index (χ4v) is 5.60. The average Bonchev–Trinajstić information content (AvgIpc) is 3.02. The van der Waals surface area contributed by atoms with E-state index in [1.165, 1.54) is 29.1 Å². The Balaban J connectivity index is 1.98. The van der Waals surface area contributed by atoms with Gasteiger partial charge in [-0.25, -0.2) is 9.97 Å². The number of nitrogens with zero attached hydrogens (tertiary/aromatic N) is 2. The average molecular weight is 402 g/mol. The summed E-state index contributed by atoms with van der Waals surface area (Å²) in [6.07, 6.45) is 0. The molecule has 0 aliphatic carbocycles. The van der Waals surface area contributed by atoms with Gasteiger partial charge in [-0.15, -0.1) is 11.3 Å². The molecule has 3 aromatic heterocycles. The smallest absolute Gasteiger partial charge is 0.192 e. The van der Waals surface area contributed by atoms with Crippen LogP contribution in [0.3, 0.4) is 0 Å². The molecule has 142 valence electrons. The number of thiophene rings is 1. The predicted molar refractivity (Wildman–Crippen MR) is 112 cm³/mol. The molecule has 3 aromatic rings. The molecule has 0 spiro atoms. The summed E-state index contributed by atoms with van der Waals surface area (Å²) in [5.41, 5.74) is 3.76. The third-order valence-electron chi connectivity index (χ3n) is 4.80. The molecule has 0 saturated heterocycles. The van der Waals surface area contributed by atoms with Crippen molar-refractivity contribution in [3.63, 3.8) is 0 Å². The van der Waals surface area contributed by atoms with Crippen LogP contribution in [0.25, 0.3) is 10.2 Å². The van der Waals surface area contributed by atoms with Crippen molar-refractivity contribution in [2.75, 3.05) is 0 Å². The second-order valence-electron chi connectivity index (χ2n) is 6.84. The fraction of sp³-hybridized carbons (Fsp3) is 0.400. The maximum Gasteiger partial charge on any atom is 0.192 e. The summed E-state index contributed by atoms with van der Waals surface area (Å²) >= 11 is 3.11. The van der Waals surface area contributed by atoms with Crippen LogP contribution in [-0.4, -0.2) is 31.8 Å². The van der Waals surface area contributed by atoms with Gasteiger partial charge in [0, 0.05) is 21.5 Å². The van der Waals surface area contributed by atoms with E-state index in [9.17, 15) is 9.59 Å². The normalized spacial score (nSPS) is 12.6. The van der Waals surface area contributed by atoms with E-state index < -0.39 is 0 Å². The molecule has 0 radical (unpaired) electrons. The van der Waals surface area contributed by atoms with E-state index in [4.69, 9.17) is 0 Å². The molecule has 0 aromatic carbocycles. The summed E-state index contributed by atoms with van der Waals surface area (Å²) in [4.78, 5) is 39.4. The Morgan fingerprint density at radius 2 is 1.74 bits per heavy atom. The van der Waals surface area contributed by atoms with Gasteiger partial charge in [-0.3, -0.25) is 9.59 Å². The Morgan fingerprint density at radius 3 is 2.33 bits per heavy atom. The lowest BCUT2D eigenvalue weighted by molar-refractivity contribution is 0.0988. The molecule has 0 unspecified atom stereocenters. The predicted octanol–water partition coefficient (Wildman–Crippen LogP) is 5.13. The first-order valence-electron chi connectivity index (χ1n) is 8.77. The van der Waals surface area contributed by atoms with Gasteiger partial charge in [-0.2, -0.15) is 0 Å². The minimum atomic E-state index is -0.335. The zero-order valence-corrected chi connectivity index (χ0v) is 18.2. The highest BCUT2D eigenvalue weighted by Crippen LogP contribution is 2.37. The zero-order valence-electron chi connectivity index (χ0n) is 16.6. The summed E-state index contributed by atoms with van der Waals surface area (Å²) in [5.74, 6) is 0.650. The molecule has 0 aliphatic heterocycles. The highest BCUT2D eigenvalue weighted by Gasteiger charge is 2.26. The molecule has 0 aliphatic rings. The van der Waals surface area contributed by atoms with Crippen LogP contribution >= 0.6 is 23.1 Å². The topological polar surface area (TPSA) is 75.7 Å². The number of Topliss-reactive ketones (excluding diaryl/α,β-unsaturated/α-hetero) is 2. The van der Waals surface area contributed by atoms with Gasteiger partial charge in [0.2, 0.25) is 0 Å². The van der Waals surface area contributed by atoms with Crippen molar-refractivity contribution in [2.24, 2.45) is 0 Å². The van der Waals surface area contributed by atoms with Crippen LogP contribution in [0.2, 0.25) is 0 Å². The highest BCUT2D eigenvalue weighted by atomic mass is 32.2. The number of aryl methyl sites for hydroxylation is 4. The first kappa shape index (κ1) is 19.8. The Kier molecular flexibility index (Phi) is 5.27. The number of aromatic amines is 1. The number of nitrogens with one attached hydrogen (secondary N) is 1. The van der Waals surface area contributed by atoms with Gasteiger partial charge in [0.25, 0.3) is 0 Å². The van der Waals surface area contributed by atoms with Crippen molar-refractivity contribution in [3.05, 3.63) is 38.8 Å². The Morgan fingerprint density at radius 1 is 1.07 bits per heavy atom. The quantitative estimate of drug-likeness (QED) is 0.364. The second kappa shape index (κ2) is 7.20. The largest absolute Gasteiger partial charge is 0.355 e. The van der Waals surface area contributed by atoms with Crippen LogP contribution in [0.15, 0.2) is 5.03 Å². The molecule has 7 heteroatoms. The summed E-state index contributed by atoms with van der Waals surface area (Å²) in [5, 5.41) is 1.54. The fourth-order valence-electron chi connectivity index (χ4n) is 3.35. The molecule has 0 bridgehead atoms. The molecule has 3 rings (SSSR count). The molecular formula is C20H23N3O2S2. The maximum absolute atomic E-state index is 13.1. The van der Waals surface area contributed by atoms with E-state index >= 15 is 0 Å². The SMILES string of the molecule is CC(=O)c1c(C)[nH]c(C(=O)[C@H](C)Sc2nc(C)nc3sc(C)c(C)c23)c1C. The van der Waals surface area contributed by atoms with E-state index in [1.54, 1.807) is 11.3 Å². The van der Waals surface area contributed by atoms with Crippen LogP contribution < -0.4 is 0 Å². The minimum Gasteiger partial charge on any atom is -0.355 e. The molecule has 0 fully saturated rings. The lowest BCUT2D eigenvalue weighted by Crippen LogP contribution is -2.16. The van der Waals surface area contributed by atoms with Crippen LogP contribution in [0.5, 0.6) is 0 Å².